The molecule has 0 aliphatic carbocycles. The Morgan fingerprint density at radius 1 is 1.17 bits per heavy atom. The van der Waals surface area contributed by atoms with Gasteiger partial charge in [0.15, 0.2) is 0 Å². The monoisotopic (exact) mass is 258 g/mol. The fraction of sp³-hybridized carbons (Fsp3) is 0.133. The smallest absolute Gasteiger partial charge is 0.331 e. The first kappa shape index (κ1) is 12.7. The van der Waals surface area contributed by atoms with Crippen LogP contribution in [0.4, 0.5) is 0 Å². The van der Waals surface area contributed by atoms with Gasteiger partial charge in [-0.3, -0.25) is 0 Å². The van der Waals surface area contributed by atoms with Gasteiger partial charge in [0.2, 0.25) is 0 Å². The quantitative estimate of drug-likeness (QED) is 0.831. The van der Waals surface area contributed by atoms with Gasteiger partial charge < -0.3 is 5.11 Å². The van der Waals surface area contributed by atoms with Crippen LogP contribution in [0.3, 0.4) is 0 Å². The Morgan fingerprint density at radius 3 is 2.61 bits per heavy atom. The van der Waals surface area contributed by atoms with Crippen molar-refractivity contribution in [3.63, 3.8) is 0 Å². The lowest BCUT2D eigenvalue weighted by atomic mass is 10.1. The van der Waals surface area contributed by atoms with E-state index in [1.165, 1.54) is 16.3 Å². The molecule has 2 nitrogen and oxygen atoms in total. The molecule has 0 saturated carbocycles. The van der Waals surface area contributed by atoms with Gasteiger partial charge in [0.25, 0.3) is 0 Å². The zero-order chi connectivity index (χ0) is 13.0. The van der Waals surface area contributed by atoms with Crippen LogP contribution in [0.25, 0.3) is 10.8 Å². The molecule has 0 radical (unpaired) electrons. The number of thioether (sulfide) groups is 1. The van der Waals surface area contributed by atoms with Crippen LogP contribution in [-0.2, 0) is 10.5 Å². The standard InChI is InChI=1S/C15H14O2S/c1-11(15(16)17)9-18-10-12-6-7-13-4-2-3-5-14(13)8-12/h2-8H,1,9-10H2,(H,16,17). The van der Waals surface area contributed by atoms with Crippen molar-refractivity contribution in [2.75, 3.05) is 5.75 Å². The summed E-state index contributed by atoms with van der Waals surface area (Å²) in [6.07, 6.45) is 0. The van der Waals surface area contributed by atoms with Gasteiger partial charge in [-0.2, -0.15) is 11.8 Å². The lowest BCUT2D eigenvalue weighted by Gasteiger charge is -2.04. The van der Waals surface area contributed by atoms with Crippen LogP contribution in [0.5, 0.6) is 0 Å². The number of hydrogen-bond acceptors (Lipinski definition) is 2. The highest BCUT2D eigenvalue weighted by Crippen LogP contribution is 2.20. The maximum atomic E-state index is 10.6. The zero-order valence-corrected chi connectivity index (χ0v) is 10.7. The largest absolute Gasteiger partial charge is 0.478 e. The summed E-state index contributed by atoms with van der Waals surface area (Å²) in [7, 11) is 0. The van der Waals surface area contributed by atoms with Gasteiger partial charge in [-0.25, -0.2) is 4.79 Å². The second-order valence-corrected chi connectivity index (χ2v) is 5.07. The molecule has 0 saturated heterocycles. The molecule has 1 N–H and O–H groups in total. The Morgan fingerprint density at radius 2 is 1.89 bits per heavy atom. The number of fused-ring (bicyclic) bond motifs is 1. The second-order valence-electron chi connectivity index (χ2n) is 4.08. The van der Waals surface area contributed by atoms with Crippen molar-refractivity contribution in [1.82, 2.24) is 0 Å². The maximum absolute atomic E-state index is 10.6. The summed E-state index contributed by atoms with van der Waals surface area (Å²) in [5.41, 5.74) is 1.46. The first-order valence-corrected chi connectivity index (χ1v) is 6.79. The maximum Gasteiger partial charge on any atom is 0.331 e. The van der Waals surface area contributed by atoms with Crippen LogP contribution >= 0.6 is 11.8 Å². The Hall–Kier alpha value is -1.74. The fourth-order valence-electron chi connectivity index (χ4n) is 1.68. The van der Waals surface area contributed by atoms with Crippen LogP contribution in [0, 0.1) is 0 Å². The Kier molecular flexibility index (Phi) is 4.05. The van der Waals surface area contributed by atoms with Crippen molar-refractivity contribution in [3.05, 3.63) is 60.2 Å². The summed E-state index contributed by atoms with van der Waals surface area (Å²) in [5.74, 6) is 0.347. The van der Waals surface area contributed by atoms with E-state index in [1.54, 1.807) is 11.8 Å². The Balaban J connectivity index is 2.00. The highest BCUT2D eigenvalue weighted by Gasteiger charge is 2.04. The molecule has 0 aliphatic heterocycles. The van der Waals surface area contributed by atoms with E-state index in [1.807, 2.05) is 12.1 Å². The molecule has 0 bridgehead atoms. The second kappa shape index (κ2) is 5.74. The summed E-state index contributed by atoms with van der Waals surface area (Å²) in [6.45, 7) is 3.51. The van der Waals surface area contributed by atoms with E-state index in [9.17, 15) is 4.79 Å². The van der Waals surface area contributed by atoms with Crippen LogP contribution in [0.1, 0.15) is 5.56 Å². The number of rotatable bonds is 5. The van der Waals surface area contributed by atoms with Gasteiger partial charge in [0.05, 0.1) is 0 Å². The van der Waals surface area contributed by atoms with Gasteiger partial charge in [-0.1, -0.05) is 49.0 Å². The molecule has 18 heavy (non-hydrogen) atoms. The normalized spacial score (nSPS) is 10.4. The Bertz CT molecular complexity index is 590. The van der Waals surface area contributed by atoms with Crippen LogP contribution in [0.15, 0.2) is 54.6 Å². The van der Waals surface area contributed by atoms with Crippen molar-refractivity contribution in [2.24, 2.45) is 0 Å². The van der Waals surface area contributed by atoms with Crippen LogP contribution < -0.4 is 0 Å². The minimum Gasteiger partial charge on any atom is -0.478 e. The van der Waals surface area contributed by atoms with Crippen molar-refractivity contribution in [1.29, 1.82) is 0 Å². The van der Waals surface area contributed by atoms with Crippen molar-refractivity contribution < 1.29 is 9.90 Å². The number of carboxylic acid groups (broad SMARTS) is 1. The van der Waals surface area contributed by atoms with Crippen LogP contribution in [0.2, 0.25) is 0 Å². The fourth-order valence-corrected chi connectivity index (χ4v) is 2.57. The molecule has 0 unspecified atom stereocenters. The predicted molar refractivity (Wildman–Crippen MR) is 76.9 cm³/mol. The third-order valence-corrected chi connectivity index (χ3v) is 3.75. The summed E-state index contributed by atoms with van der Waals surface area (Å²) in [6, 6.07) is 14.5. The summed E-state index contributed by atoms with van der Waals surface area (Å²) in [4.78, 5) is 10.6. The van der Waals surface area contributed by atoms with E-state index in [0.29, 0.717) is 5.75 Å². The number of carboxylic acids is 1. The summed E-state index contributed by atoms with van der Waals surface area (Å²) >= 11 is 1.57. The third kappa shape index (κ3) is 3.14. The average Bonchev–Trinajstić information content (AvgIpc) is 2.38. The van der Waals surface area contributed by atoms with Gasteiger partial charge in [-0.15, -0.1) is 0 Å². The van der Waals surface area contributed by atoms with E-state index < -0.39 is 5.97 Å². The van der Waals surface area contributed by atoms with E-state index >= 15 is 0 Å². The molecule has 92 valence electrons. The lowest BCUT2D eigenvalue weighted by Crippen LogP contribution is -2.01. The average molecular weight is 258 g/mol. The molecule has 0 spiro atoms. The van der Waals surface area contributed by atoms with E-state index in [0.717, 1.165) is 5.75 Å². The highest BCUT2D eigenvalue weighted by atomic mass is 32.2. The number of hydrogen-bond donors (Lipinski definition) is 1. The first-order chi connectivity index (χ1) is 8.66. The van der Waals surface area contributed by atoms with Crippen LogP contribution in [-0.4, -0.2) is 16.8 Å². The van der Waals surface area contributed by atoms with Crippen molar-refractivity contribution in [2.45, 2.75) is 5.75 Å². The molecule has 2 aromatic carbocycles. The molecule has 0 heterocycles. The molecular formula is C15H14O2S. The summed E-state index contributed by atoms with van der Waals surface area (Å²) in [5, 5.41) is 11.1. The number of benzene rings is 2. The molecule has 2 aromatic rings. The minimum absolute atomic E-state index is 0.251. The van der Waals surface area contributed by atoms with Gasteiger partial charge in [0.1, 0.15) is 0 Å². The SMILES string of the molecule is C=C(CSCc1ccc2ccccc2c1)C(=O)O. The van der Waals surface area contributed by atoms with Crippen molar-refractivity contribution in [3.8, 4) is 0 Å². The molecule has 0 atom stereocenters. The van der Waals surface area contributed by atoms with E-state index in [4.69, 9.17) is 5.11 Å². The Labute approximate surface area is 110 Å². The van der Waals surface area contributed by atoms with E-state index in [-0.39, 0.29) is 5.57 Å². The summed E-state index contributed by atoms with van der Waals surface area (Å²) < 4.78 is 0. The topological polar surface area (TPSA) is 37.3 Å². The van der Waals surface area contributed by atoms with Gasteiger partial charge in [-0.05, 0) is 16.3 Å². The molecule has 3 heteroatoms. The third-order valence-electron chi connectivity index (χ3n) is 2.66. The lowest BCUT2D eigenvalue weighted by molar-refractivity contribution is -0.132. The minimum atomic E-state index is -0.916. The highest BCUT2D eigenvalue weighted by molar-refractivity contribution is 7.98. The van der Waals surface area contributed by atoms with E-state index in [2.05, 4.69) is 36.9 Å². The molecule has 0 fully saturated rings. The molecule has 2 rings (SSSR count). The van der Waals surface area contributed by atoms with Gasteiger partial charge >= 0.3 is 5.97 Å². The predicted octanol–water partition coefficient (Wildman–Crippen LogP) is 3.71. The molecule has 0 aliphatic rings. The zero-order valence-electron chi connectivity index (χ0n) is 9.93. The number of carbonyl (C=O) groups is 1. The van der Waals surface area contributed by atoms with Crippen molar-refractivity contribution >= 4 is 28.5 Å². The van der Waals surface area contributed by atoms with Gasteiger partial charge in [0, 0.05) is 17.1 Å². The molecule has 0 amide bonds. The molecule has 0 aromatic heterocycles. The number of aliphatic carboxylic acids is 1. The first-order valence-electron chi connectivity index (χ1n) is 5.63. The molecular weight excluding hydrogens is 244 g/mol.